The molecule has 0 saturated carbocycles. The summed E-state index contributed by atoms with van der Waals surface area (Å²) in [5.74, 6) is -1.33. The fourth-order valence-electron chi connectivity index (χ4n) is 2.21. The van der Waals surface area contributed by atoms with E-state index in [1.54, 1.807) is 4.90 Å². The molecule has 6 heteroatoms. The number of carboxylic acid groups (broad SMARTS) is 1. The van der Waals surface area contributed by atoms with E-state index in [9.17, 15) is 9.59 Å². The third-order valence-electron chi connectivity index (χ3n) is 2.93. The maximum Gasteiger partial charge on any atom is 0.354 e. The summed E-state index contributed by atoms with van der Waals surface area (Å²) in [4.78, 5) is 28.5. The fourth-order valence-corrected chi connectivity index (χ4v) is 2.21. The summed E-state index contributed by atoms with van der Waals surface area (Å²) in [6, 6.07) is 2.83. The molecule has 2 unspecified atom stereocenters. The van der Waals surface area contributed by atoms with E-state index in [1.807, 2.05) is 13.8 Å². The van der Waals surface area contributed by atoms with Gasteiger partial charge in [-0.1, -0.05) is 0 Å². The summed E-state index contributed by atoms with van der Waals surface area (Å²) >= 11 is 0. The highest BCUT2D eigenvalue weighted by molar-refractivity contribution is 5.96. The van der Waals surface area contributed by atoms with Crippen molar-refractivity contribution in [1.29, 1.82) is 0 Å². The number of hydrogen-bond donors (Lipinski definition) is 1. The Hall–Kier alpha value is -1.95. The van der Waals surface area contributed by atoms with Crippen LogP contribution < -0.4 is 0 Å². The molecule has 1 aromatic rings. The highest BCUT2D eigenvalue weighted by Crippen LogP contribution is 2.14. The summed E-state index contributed by atoms with van der Waals surface area (Å²) in [6.07, 6.45) is 1.30. The second-order valence-corrected chi connectivity index (χ2v) is 4.70. The summed E-state index contributed by atoms with van der Waals surface area (Å²) in [7, 11) is 0. The molecular weight excluding hydrogens is 248 g/mol. The van der Waals surface area contributed by atoms with Gasteiger partial charge in [-0.3, -0.25) is 4.79 Å². The Bertz CT molecular complexity index is 493. The SMILES string of the molecule is CC1CN(C(=O)c2ccnc(C(=O)O)c2)CC(C)O1. The second kappa shape index (κ2) is 5.36. The van der Waals surface area contributed by atoms with Gasteiger partial charge in [0, 0.05) is 24.8 Å². The lowest BCUT2D eigenvalue weighted by Crippen LogP contribution is -2.48. The number of amides is 1. The minimum Gasteiger partial charge on any atom is -0.477 e. The van der Waals surface area contributed by atoms with Gasteiger partial charge in [0.25, 0.3) is 5.91 Å². The molecule has 0 spiro atoms. The number of morpholine rings is 1. The molecule has 1 fully saturated rings. The third-order valence-corrected chi connectivity index (χ3v) is 2.93. The zero-order valence-corrected chi connectivity index (χ0v) is 10.9. The van der Waals surface area contributed by atoms with Crippen molar-refractivity contribution in [2.75, 3.05) is 13.1 Å². The number of aromatic carboxylic acids is 1. The molecule has 0 aliphatic carbocycles. The molecular formula is C13H16N2O4. The van der Waals surface area contributed by atoms with Gasteiger partial charge in [0.1, 0.15) is 5.69 Å². The lowest BCUT2D eigenvalue weighted by atomic mass is 10.1. The zero-order chi connectivity index (χ0) is 14.0. The Morgan fingerprint density at radius 2 is 2.00 bits per heavy atom. The smallest absolute Gasteiger partial charge is 0.354 e. The van der Waals surface area contributed by atoms with Crippen LogP contribution in [-0.2, 0) is 4.74 Å². The van der Waals surface area contributed by atoms with Crippen LogP contribution in [0.1, 0.15) is 34.7 Å². The monoisotopic (exact) mass is 264 g/mol. The first-order chi connectivity index (χ1) is 8.97. The average Bonchev–Trinajstić information content (AvgIpc) is 2.37. The van der Waals surface area contributed by atoms with Gasteiger partial charge in [0.05, 0.1) is 12.2 Å². The standard InChI is InChI=1S/C13H16N2O4/c1-8-6-15(7-9(2)19-8)12(16)10-3-4-14-11(5-10)13(17)18/h3-5,8-9H,6-7H2,1-2H3,(H,17,18). The van der Waals surface area contributed by atoms with E-state index in [0.29, 0.717) is 18.7 Å². The number of hydrogen-bond acceptors (Lipinski definition) is 4. The van der Waals surface area contributed by atoms with E-state index in [4.69, 9.17) is 9.84 Å². The van der Waals surface area contributed by atoms with Crippen LogP contribution in [0.2, 0.25) is 0 Å². The molecule has 1 aliphatic heterocycles. The van der Waals surface area contributed by atoms with Crippen LogP contribution >= 0.6 is 0 Å². The second-order valence-electron chi connectivity index (χ2n) is 4.70. The van der Waals surface area contributed by atoms with Crippen LogP contribution in [0.3, 0.4) is 0 Å². The minimum atomic E-state index is -1.14. The predicted molar refractivity (Wildman–Crippen MR) is 67.1 cm³/mol. The Labute approximate surface area is 111 Å². The Morgan fingerprint density at radius 1 is 1.37 bits per heavy atom. The quantitative estimate of drug-likeness (QED) is 0.863. The van der Waals surface area contributed by atoms with Crippen molar-refractivity contribution in [2.45, 2.75) is 26.1 Å². The van der Waals surface area contributed by atoms with E-state index in [2.05, 4.69) is 4.98 Å². The molecule has 1 N–H and O–H groups in total. The van der Waals surface area contributed by atoms with Crippen LogP contribution in [0.25, 0.3) is 0 Å². The van der Waals surface area contributed by atoms with Crippen molar-refractivity contribution in [2.24, 2.45) is 0 Å². The molecule has 1 aromatic heterocycles. The highest BCUT2D eigenvalue weighted by Gasteiger charge is 2.26. The molecule has 2 rings (SSSR count). The molecule has 2 atom stereocenters. The van der Waals surface area contributed by atoms with Crippen molar-refractivity contribution in [3.8, 4) is 0 Å². The van der Waals surface area contributed by atoms with Crippen LogP contribution in [0.4, 0.5) is 0 Å². The number of pyridine rings is 1. The number of aromatic nitrogens is 1. The van der Waals surface area contributed by atoms with Gasteiger partial charge in [-0.05, 0) is 26.0 Å². The topological polar surface area (TPSA) is 79.7 Å². The van der Waals surface area contributed by atoms with Crippen LogP contribution in [-0.4, -0.2) is 52.2 Å². The minimum absolute atomic E-state index is 0.0199. The summed E-state index contributed by atoms with van der Waals surface area (Å²) < 4.78 is 5.56. The van der Waals surface area contributed by atoms with Crippen LogP contribution in [0.5, 0.6) is 0 Å². The van der Waals surface area contributed by atoms with Gasteiger partial charge >= 0.3 is 5.97 Å². The summed E-state index contributed by atoms with van der Waals surface area (Å²) in [5.41, 5.74) is 0.217. The van der Waals surface area contributed by atoms with E-state index in [-0.39, 0.29) is 23.8 Å². The summed E-state index contributed by atoms with van der Waals surface area (Å²) in [6.45, 7) is 4.83. The van der Waals surface area contributed by atoms with Crippen molar-refractivity contribution in [3.05, 3.63) is 29.6 Å². The largest absolute Gasteiger partial charge is 0.477 e. The van der Waals surface area contributed by atoms with Crippen molar-refractivity contribution >= 4 is 11.9 Å². The fraction of sp³-hybridized carbons (Fsp3) is 0.462. The van der Waals surface area contributed by atoms with E-state index < -0.39 is 5.97 Å². The molecule has 1 aliphatic rings. The first-order valence-electron chi connectivity index (χ1n) is 6.11. The molecule has 0 bridgehead atoms. The first kappa shape index (κ1) is 13.5. The van der Waals surface area contributed by atoms with Gasteiger partial charge in [-0.15, -0.1) is 0 Å². The molecule has 1 amide bonds. The molecule has 0 radical (unpaired) electrons. The maximum absolute atomic E-state index is 12.3. The number of nitrogens with zero attached hydrogens (tertiary/aromatic N) is 2. The molecule has 2 heterocycles. The van der Waals surface area contributed by atoms with Crippen molar-refractivity contribution < 1.29 is 19.4 Å². The van der Waals surface area contributed by atoms with E-state index in [1.165, 1.54) is 18.3 Å². The van der Waals surface area contributed by atoms with Gasteiger partial charge in [-0.2, -0.15) is 0 Å². The van der Waals surface area contributed by atoms with E-state index >= 15 is 0 Å². The average molecular weight is 264 g/mol. The highest BCUT2D eigenvalue weighted by atomic mass is 16.5. The maximum atomic E-state index is 12.3. The molecule has 19 heavy (non-hydrogen) atoms. The number of carbonyl (C=O) groups is 2. The molecule has 0 aromatic carbocycles. The first-order valence-corrected chi connectivity index (χ1v) is 6.11. The number of carboxylic acids is 1. The third kappa shape index (κ3) is 3.08. The normalized spacial score (nSPS) is 23.2. The Morgan fingerprint density at radius 3 is 2.58 bits per heavy atom. The Balaban J connectivity index is 2.19. The molecule has 6 nitrogen and oxygen atoms in total. The lowest BCUT2D eigenvalue weighted by Gasteiger charge is -2.35. The van der Waals surface area contributed by atoms with E-state index in [0.717, 1.165) is 0 Å². The molecule has 102 valence electrons. The van der Waals surface area contributed by atoms with Crippen LogP contribution in [0, 0.1) is 0 Å². The number of carbonyl (C=O) groups excluding carboxylic acids is 1. The van der Waals surface area contributed by atoms with Gasteiger partial charge in [-0.25, -0.2) is 9.78 Å². The Kier molecular flexibility index (Phi) is 3.80. The van der Waals surface area contributed by atoms with Gasteiger partial charge in [0.15, 0.2) is 0 Å². The van der Waals surface area contributed by atoms with Gasteiger partial charge in [0.2, 0.25) is 0 Å². The summed E-state index contributed by atoms with van der Waals surface area (Å²) in [5, 5.41) is 8.88. The lowest BCUT2D eigenvalue weighted by molar-refractivity contribution is -0.0586. The predicted octanol–water partition coefficient (Wildman–Crippen LogP) is 1.03. The zero-order valence-electron chi connectivity index (χ0n) is 10.9. The number of ether oxygens (including phenoxy) is 1. The number of rotatable bonds is 2. The van der Waals surface area contributed by atoms with Crippen molar-refractivity contribution in [1.82, 2.24) is 9.88 Å². The van der Waals surface area contributed by atoms with Crippen LogP contribution in [0.15, 0.2) is 18.3 Å². The van der Waals surface area contributed by atoms with Crippen molar-refractivity contribution in [3.63, 3.8) is 0 Å². The van der Waals surface area contributed by atoms with Gasteiger partial charge < -0.3 is 14.7 Å². The molecule has 1 saturated heterocycles.